The summed E-state index contributed by atoms with van der Waals surface area (Å²) >= 11 is 1.22. The molecule has 0 saturated carbocycles. The fourth-order valence-corrected chi connectivity index (χ4v) is 2.98. The van der Waals surface area contributed by atoms with Crippen LogP contribution in [-0.2, 0) is 16.0 Å². The van der Waals surface area contributed by atoms with Crippen LogP contribution in [0, 0.1) is 13.8 Å². The van der Waals surface area contributed by atoms with E-state index in [9.17, 15) is 14.4 Å². The molecule has 0 bridgehead atoms. The number of hydrogen-bond donors (Lipinski definition) is 2. The van der Waals surface area contributed by atoms with Crippen molar-refractivity contribution < 1.29 is 19.1 Å². The van der Waals surface area contributed by atoms with E-state index in [0.29, 0.717) is 5.00 Å². The second-order valence-electron chi connectivity index (χ2n) is 5.48. The maximum absolute atomic E-state index is 12.2. The number of anilines is 1. The van der Waals surface area contributed by atoms with Gasteiger partial charge in [-0.3, -0.25) is 14.9 Å². The smallest absolute Gasteiger partial charge is 0.414 e. The van der Waals surface area contributed by atoms with Crippen molar-refractivity contribution in [2.45, 2.75) is 27.2 Å². The summed E-state index contributed by atoms with van der Waals surface area (Å²) in [4.78, 5) is 35.7. The maximum Gasteiger partial charge on any atom is 0.414 e. The van der Waals surface area contributed by atoms with Gasteiger partial charge in [0, 0.05) is 0 Å². The molecule has 0 atom stereocenters. The summed E-state index contributed by atoms with van der Waals surface area (Å²) in [6.45, 7) is 5.82. The first-order valence-electron chi connectivity index (χ1n) is 7.82. The fraction of sp³-hybridized carbons (Fsp3) is 0.278. The number of imide groups is 1. The molecule has 1 aromatic heterocycles. The molecule has 132 valence electrons. The molecule has 2 aromatic rings. The van der Waals surface area contributed by atoms with Gasteiger partial charge in [0.2, 0.25) is 5.91 Å². The van der Waals surface area contributed by atoms with Gasteiger partial charge in [0.15, 0.2) is 0 Å². The van der Waals surface area contributed by atoms with Crippen molar-refractivity contribution in [3.63, 3.8) is 0 Å². The van der Waals surface area contributed by atoms with E-state index in [1.165, 1.54) is 16.9 Å². The first-order chi connectivity index (χ1) is 11.9. The molecule has 2 N–H and O–H groups in total. The molecule has 0 unspecified atom stereocenters. The predicted molar refractivity (Wildman–Crippen MR) is 97.1 cm³/mol. The minimum atomic E-state index is -0.814. The zero-order chi connectivity index (χ0) is 18.4. The molecule has 0 radical (unpaired) electrons. The molecule has 2 rings (SSSR count). The Kier molecular flexibility index (Phi) is 6.30. The number of carbonyl (C=O) groups is 3. The summed E-state index contributed by atoms with van der Waals surface area (Å²) in [5.41, 5.74) is 3.41. The van der Waals surface area contributed by atoms with Crippen LogP contribution in [0.3, 0.4) is 0 Å². The number of thiophene rings is 1. The number of nitrogens with one attached hydrogen (secondary N) is 2. The van der Waals surface area contributed by atoms with Gasteiger partial charge < -0.3 is 10.1 Å². The summed E-state index contributed by atoms with van der Waals surface area (Å²) in [7, 11) is 0. The van der Waals surface area contributed by atoms with Gasteiger partial charge in [0.1, 0.15) is 5.00 Å². The summed E-state index contributed by atoms with van der Waals surface area (Å²) in [6, 6.07) is 7.40. The molecule has 0 spiro atoms. The molecule has 0 fully saturated rings. The summed E-state index contributed by atoms with van der Waals surface area (Å²) in [5.74, 6) is -0.836. The topological polar surface area (TPSA) is 84.5 Å². The molecule has 0 aliphatic rings. The number of hydrogen-bond acceptors (Lipinski definition) is 5. The first kappa shape index (κ1) is 18.7. The molecule has 7 heteroatoms. The fourth-order valence-electron chi connectivity index (χ4n) is 2.18. The van der Waals surface area contributed by atoms with Crippen molar-refractivity contribution in [2.24, 2.45) is 0 Å². The normalized spacial score (nSPS) is 10.2. The molecular formula is C18H20N2O4S. The van der Waals surface area contributed by atoms with E-state index >= 15 is 0 Å². The first-order valence-corrected chi connectivity index (χ1v) is 8.70. The molecule has 0 aliphatic heterocycles. The van der Waals surface area contributed by atoms with Crippen molar-refractivity contribution in [3.8, 4) is 0 Å². The van der Waals surface area contributed by atoms with Crippen molar-refractivity contribution >= 4 is 34.2 Å². The Morgan fingerprint density at radius 3 is 2.56 bits per heavy atom. The van der Waals surface area contributed by atoms with Crippen LogP contribution in [0.1, 0.15) is 34.0 Å². The molecular weight excluding hydrogens is 340 g/mol. The lowest BCUT2D eigenvalue weighted by Gasteiger charge is -2.08. The summed E-state index contributed by atoms with van der Waals surface area (Å²) in [5, 5.41) is 6.91. The Balaban J connectivity index is 2.02. The quantitative estimate of drug-likeness (QED) is 0.855. The molecule has 0 aliphatic carbocycles. The number of rotatable bonds is 5. The van der Waals surface area contributed by atoms with Gasteiger partial charge in [-0.15, -0.1) is 11.3 Å². The zero-order valence-corrected chi connectivity index (χ0v) is 15.2. The van der Waals surface area contributed by atoms with E-state index < -0.39 is 12.0 Å². The Morgan fingerprint density at radius 1 is 1.12 bits per heavy atom. The van der Waals surface area contributed by atoms with Crippen LogP contribution in [-0.4, -0.2) is 24.5 Å². The monoisotopic (exact) mass is 360 g/mol. The lowest BCUT2D eigenvalue weighted by Crippen LogP contribution is -2.31. The highest BCUT2D eigenvalue weighted by atomic mass is 32.1. The van der Waals surface area contributed by atoms with Crippen LogP contribution in [0.2, 0.25) is 0 Å². The van der Waals surface area contributed by atoms with E-state index in [1.54, 1.807) is 18.4 Å². The number of aryl methyl sites for hydroxylation is 2. The van der Waals surface area contributed by atoms with Gasteiger partial charge in [-0.2, -0.15) is 0 Å². The third-order valence-electron chi connectivity index (χ3n) is 3.59. The number of ether oxygens (including phenoxy) is 1. The highest BCUT2D eigenvalue weighted by molar-refractivity contribution is 7.14. The lowest BCUT2D eigenvalue weighted by atomic mass is 10.0. The highest BCUT2D eigenvalue weighted by Crippen LogP contribution is 2.23. The van der Waals surface area contributed by atoms with Gasteiger partial charge in [-0.25, -0.2) is 4.79 Å². The van der Waals surface area contributed by atoms with Crippen molar-refractivity contribution in [3.05, 3.63) is 51.9 Å². The van der Waals surface area contributed by atoms with E-state index in [4.69, 9.17) is 0 Å². The van der Waals surface area contributed by atoms with Crippen LogP contribution < -0.4 is 10.6 Å². The third kappa shape index (κ3) is 5.15. The number of carbonyl (C=O) groups excluding carboxylic acids is 3. The van der Waals surface area contributed by atoms with Gasteiger partial charge in [-0.1, -0.05) is 18.2 Å². The second kappa shape index (κ2) is 8.43. The zero-order valence-electron chi connectivity index (χ0n) is 14.3. The van der Waals surface area contributed by atoms with E-state index in [2.05, 4.69) is 15.4 Å². The Morgan fingerprint density at radius 2 is 1.88 bits per heavy atom. The number of amides is 3. The number of benzene rings is 1. The molecule has 6 nitrogen and oxygen atoms in total. The molecule has 1 heterocycles. The van der Waals surface area contributed by atoms with Crippen molar-refractivity contribution in [1.29, 1.82) is 0 Å². The summed E-state index contributed by atoms with van der Waals surface area (Å²) in [6.07, 6.45) is -0.607. The Bertz CT molecular complexity index is 798. The van der Waals surface area contributed by atoms with Crippen molar-refractivity contribution in [2.75, 3.05) is 11.9 Å². The molecule has 1 aromatic carbocycles. The van der Waals surface area contributed by atoms with Gasteiger partial charge in [0.05, 0.1) is 18.6 Å². The van der Waals surface area contributed by atoms with Gasteiger partial charge in [-0.05, 0) is 48.9 Å². The third-order valence-corrected chi connectivity index (χ3v) is 4.42. The molecule has 25 heavy (non-hydrogen) atoms. The van der Waals surface area contributed by atoms with Crippen LogP contribution in [0.15, 0.2) is 29.6 Å². The minimum absolute atomic E-state index is 0.169. The Hall–Kier alpha value is -2.67. The predicted octanol–water partition coefficient (Wildman–Crippen LogP) is 3.43. The standard InChI is InChI=1S/C18H20N2O4S/c1-4-24-18(23)20-16(22)14-7-8-25-17(14)19-15(21)10-13-6-5-11(2)12(3)9-13/h5-9H,4,10H2,1-3H3,(H,19,21)(H,20,22,23). The van der Waals surface area contributed by atoms with E-state index in [0.717, 1.165) is 11.1 Å². The van der Waals surface area contributed by atoms with Crippen LogP contribution in [0.25, 0.3) is 0 Å². The average molecular weight is 360 g/mol. The van der Waals surface area contributed by atoms with Crippen LogP contribution in [0.4, 0.5) is 9.80 Å². The maximum atomic E-state index is 12.2. The number of alkyl carbamates (subject to hydrolysis) is 1. The van der Waals surface area contributed by atoms with Gasteiger partial charge >= 0.3 is 6.09 Å². The van der Waals surface area contributed by atoms with Crippen LogP contribution in [0.5, 0.6) is 0 Å². The average Bonchev–Trinajstić information content (AvgIpc) is 2.99. The van der Waals surface area contributed by atoms with Gasteiger partial charge in [0.25, 0.3) is 5.91 Å². The van der Waals surface area contributed by atoms with E-state index in [1.807, 2.05) is 32.0 Å². The molecule has 0 saturated heterocycles. The van der Waals surface area contributed by atoms with E-state index in [-0.39, 0.29) is 24.5 Å². The highest BCUT2D eigenvalue weighted by Gasteiger charge is 2.18. The second-order valence-corrected chi connectivity index (χ2v) is 6.40. The SMILES string of the molecule is CCOC(=O)NC(=O)c1ccsc1NC(=O)Cc1ccc(C)c(C)c1. The largest absolute Gasteiger partial charge is 0.450 e. The molecule has 3 amide bonds. The lowest BCUT2D eigenvalue weighted by molar-refractivity contribution is -0.115. The summed E-state index contributed by atoms with van der Waals surface area (Å²) < 4.78 is 4.68. The minimum Gasteiger partial charge on any atom is -0.450 e. The van der Waals surface area contributed by atoms with Crippen molar-refractivity contribution in [1.82, 2.24) is 5.32 Å². The Labute approximate surface area is 150 Å². The van der Waals surface area contributed by atoms with Crippen LogP contribution >= 0.6 is 11.3 Å².